The summed E-state index contributed by atoms with van der Waals surface area (Å²) >= 11 is 0. The lowest BCUT2D eigenvalue weighted by atomic mass is 9.97. The topological polar surface area (TPSA) is 111 Å². The summed E-state index contributed by atoms with van der Waals surface area (Å²) in [4.78, 5) is 16.6. The maximum atomic E-state index is 12.4. The maximum absolute atomic E-state index is 12.4. The van der Waals surface area contributed by atoms with Crippen molar-refractivity contribution in [1.29, 1.82) is 0 Å². The van der Waals surface area contributed by atoms with Crippen molar-refractivity contribution < 1.29 is 19.4 Å². The van der Waals surface area contributed by atoms with Crippen LogP contribution in [0.2, 0.25) is 0 Å². The number of amides is 1. The number of pyridine rings is 1. The molecule has 3 atom stereocenters. The van der Waals surface area contributed by atoms with E-state index in [0.717, 1.165) is 36.3 Å². The van der Waals surface area contributed by atoms with Crippen molar-refractivity contribution in [2.24, 2.45) is 0 Å². The van der Waals surface area contributed by atoms with E-state index in [4.69, 9.17) is 9.47 Å². The normalized spacial score (nSPS) is 20.4. The Hall–Kier alpha value is -3.30. The van der Waals surface area contributed by atoms with E-state index in [1.165, 1.54) is 0 Å². The van der Waals surface area contributed by atoms with E-state index in [9.17, 15) is 9.90 Å². The Labute approximate surface area is 192 Å². The Morgan fingerprint density at radius 1 is 1.24 bits per heavy atom. The SMILES string of the molecule is COc1ccccc1-c1cn(CC[C@H]2CC[C@H](NC(=O)Cc3ccccn3)[C@@H](CO)O2)nn1. The Morgan fingerprint density at radius 3 is 2.88 bits per heavy atom. The lowest BCUT2D eigenvalue weighted by molar-refractivity contribution is -0.128. The van der Waals surface area contributed by atoms with Crippen LogP contribution in [0.4, 0.5) is 0 Å². The minimum absolute atomic E-state index is 0.0231. The number of ether oxygens (including phenoxy) is 2. The first kappa shape index (κ1) is 22.9. The molecule has 4 rings (SSSR count). The van der Waals surface area contributed by atoms with Crippen molar-refractivity contribution in [2.45, 2.75) is 50.5 Å². The molecule has 1 saturated heterocycles. The minimum atomic E-state index is -0.434. The van der Waals surface area contributed by atoms with Gasteiger partial charge in [-0.3, -0.25) is 14.5 Å². The number of nitrogens with one attached hydrogen (secondary N) is 1. The zero-order valence-corrected chi connectivity index (χ0v) is 18.6. The van der Waals surface area contributed by atoms with Crippen LogP contribution in [-0.4, -0.2) is 63.0 Å². The first-order chi connectivity index (χ1) is 16.2. The van der Waals surface area contributed by atoms with Crippen LogP contribution in [0.15, 0.2) is 54.9 Å². The van der Waals surface area contributed by atoms with Crippen molar-refractivity contribution in [3.05, 3.63) is 60.6 Å². The summed E-state index contributed by atoms with van der Waals surface area (Å²) in [7, 11) is 1.63. The predicted molar refractivity (Wildman–Crippen MR) is 121 cm³/mol. The number of carbonyl (C=O) groups is 1. The van der Waals surface area contributed by atoms with Crippen molar-refractivity contribution in [3.8, 4) is 17.0 Å². The van der Waals surface area contributed by atoms with Crippen LogP contribution >= 0.6 is 0 Å². The number of para-hydroxylation sites is 1. The second-order valence-electron chi connectivity index (χ2n) is 8.08. The van der Waals surface area contributed by atoms with Gasteiger partial charge in [0.1, 0.15) is 17.5 Å². The number of hydrogen-bond acceptors (Lipinski definition) is 7. The molecule has 0 saturated carbocycles. The third kappa shape index (κ3) is 5.94. The van der Waals surface area contributed by atoms with Crippen LogP contribution in [0.1, 0.15) is 25.0 Å². The highest BCUT2D eigenvalue weighted by atomic mass is 16.5. The Bertz CT molecular complexity index is 1040. The smallest absolute Gasteiger partial charge is 0.226 e. The van der Waals surface area contributed by atoms with E-state index in [0.29, 0.717) is 12.2 Å². The van der Waals surface area contributed by atoms with Crippen LogP contribution in [0.5, 0.6) is 5.75 Å². The van der Waals surface area contributed by atoms with Gasteiger partial charge in [0.2, 0.25) is 5.91 Å². The van der Waals surface area contributed by atoms with E-state index >= 15 is 0 Å². The molecule has 1 aliphatic heterocycles. The summed E-state index contributed by atoms with van der Waals surface area (Å²) in [6, 6.07) is 13.0. The lowest BCUT2D eigenvalue weighted by Crippen LogP contribution is -2.51. The maximum Gasteiger partial charge on any atom is 0.226 e. The van der Waals surface area contributed by atoms with E-state index in [1.807, 2.05) is 48.7 Å². The van der Waals surface area contributed by atoms with E-state index in [1.54, 1.807) is 18.0 Å². The predicted octanol–water partition coefficient (Wildman–Crippen LogP) is 2.01. The van der Waals surface area contributed by atoms with Gasteiger partial charge in [0, 0.05) is 24.0 Å². The van der Waals surface area contributed by atoms with Gasteiger partial charge in [0.15, 0.2) is 0 Å². The standard InChI is InChI=1S/C24H29N5O4/c1-32-22-8-3-2-7-19(22)21-15-29(28-27-21)13-11-18-9-10-20(23(16-30)33-18)26-24(31)14-17-6-4-5-12-25-17/h2-8,12,15,18,20,23,30H,9-11,13-14,16H2,1H3,(H,26,31)/t18-,20+,23-/m1/s1. The van der Waals surface area contributed by atoms with Crippen LogP contribution in [0, 0.1) is 0 Å². The van der Waals surface area contributed by atoms with Crippen LogP contribution in [-0.2, 0) is 22.5 Å². The minimum Gasteiger partial charge on any atom is -0.496 e. The number of aliphatic hydroxyl groups excluding tert-OH is 1. The molecule has 2 aromatic heterocycles. The van der Waals surface area contributed by atoms with Crippen molar-refractivity contribution in [3.63, 3.8) is 0 Å². The molecule has 1 aliphatic rings. The molecule has 0 unspecified atom stereocenters. The zero-order valence-electron chi connectivity index (χ0n) is 18.6. The fourth-order valence-electron chi connectivity index (χ4n) is 4.10. The fraction of sp³-hybridized carbons (Fsp3) is 0.417. The molecule has 9 heteroatoms. The van der Waals surface area contributed by atoms with Gasteiger partial charge in [-0.05, 0) is 43.5 Å². The number of methoxy groups -OCH3 is 1. The molecular formula is C24H29N5O4. The van der Waals surface area contributed by atoms with E-state index in [2.05, 4.69) is 20.6 Å². The summed E-state index contributed by atoms with van der Waals surface area (Å²) in [5, 5.41) is 21.3. The molecule has 2 N–H and O–H groups in total. The number of aryl methyl sites for hydroxylation is 1. The van der Waals surface area contributed by atoms with Crippen LogP contribution < -0.4 is 10.1 Å². The number of carbonyl (C=O) groups excluding carboxylic acids is 1. The largest absolute Gasteiger partial charge is 0.496 e. The van der Waals surface area contributed by atoms with E-state index < -0.39 is 6.10 Å². The van der Waals surface area contributed by atoms with Crippen molar-refractivity contribution >= 4 is 5.91 Å². The third-order valence-electron chi connectivity index (χ3n) is 5.81. The first-order valence-corrected chi connectivity index (χ1v) is 11.2. The Balaban J connectivity index is 1.28. The van der Waals surface area contributed by atoms with Crippen molar-refractivity contribution in [2.75, 3.05) is 13.7 Å². The second kappa shape index (κ2) is 11.0. The number of benzene rings is 1. The molecule has 0 bridgehead atoms. The number of nitrogens with zero attached hydrogens (tertiary/aromatic N) is 4. The van der Waals surface area contributed by atoms with Gasteiger partial charge in [-0.1, -0.05) is 23.4 Å². The Kier molecular flexibility index (Phi) is 7.64. The number of hydrogen-bond donors (Lipinski definition) is 2. The fourth-order valence-corrected chi connectivity index (χ4v) is 4.10. The van der Waals surface area contributed by atoms with Crippen molar-refractivity contribution in [1.82, 2.24) is 25.3 Å². The second-order valence-corrected chi connectivity index (χ2v) is 8.08. The van der Waals surface area contributed by atoms with Gasteiger partial charge in [-0.2, -0.15) is 0 Å². The van der Waals surface area contributed by atoms with Gasteiger partial charge in [-0.25, -0.2) is 0 Å². The molecule has 0 aliphatic carbocycles. The molecule has 3 aromatic rings. The van der Waals surface area contributed by atoms with Gasteiger partial charge < -0.3 is 19.9 Å². The molecule has 3 heterocycles. The summed E-state index contributed by atoms with van der Waals surface area (Å²) in [6.45, 7) is 0.494. The zero-order chi connectivity index (χ0) is 23.0. The Morgan fingerprint density at radius 2 is 2.09 bits per heavy atom. The summed E-state index contributed by atoms with van der Waals surface area (Å²) < 4.78 is 13.3. The highest BCUT2D eigenvalue weighted by Gasteiger charge is 2.31. The number of aromatic nitrogens is 4. The van der Waals surface area contributed by atoms with Crippen LogP contribution in [0.25, 0.3) is 11.3 Å². The van der Waals surface area contributed by atoms with Crippen LogP contribution in [0.3, 0.4) is 0 Å². The molecular weight excluding hydrogens is 422 g/mol. The summed E-state index contributed by atoms with van der Waals surface area (Å²) in [5.74, 6) is 0.632. The highest BCUT2D eigenvalue weighted by molar-refractivity contribution is 5.78. The van der Waals surface area contributed by atoms with Gasteiger partial charge in [0.25, 0.3) is 0 Å². The average molecular weight is 452 g/mol. The summed E-state index contributed by atoms with van der Waals surface area (Å²) in [6.07, 6.45) is 5.58. The molecule has 33 heavy (non-hydrogen) atoms. The average Bonchev–Trinajstić information content (AvgIpc) is 3.33. The molecule has 1 fully saturated rings. The molecule has 9 nitrogen and oxygen atoms in total. The number of rotatable bonds is 9. The molecule has 1 aromatic carbocycles. The molecule has 1 amide bonds. The van der Waals surface area contributed by atoms with E-state index in [-0.39, 0.29) is 31.1 Å². The summed E-state index contributed by atoms with van der Waals surface area (Å²) in [5.41, 5.74) is 2.36. The molecule has 0 spiro atoms. The molecule has 0 radical (unpaired) electrons. The highest BCUT2D eigenvalue weighted by Crippen LogP contribution is 2.28. The monoisotopic (exact) mass is 451 g/mol. The van der Waals surface area contributed by atoms with Gasteiger partial charge in [-0.15, -0.1) is 5.10 Å². The molecule has 174 valence electrons. The van der Waals surface area contributed by atoms with Gasteiger partial charge in [0.05, 0.1) is 38.5 Å². The quantitative estimate of drug-likeness (QED) is 0.512. The third-order valence-corrected chi connectivity index (χ3v) is 5.81. The van der Waals surface area contributed by atoms with Gasteiger partial charge >= 0.3 is 0 Å². The lowest BCUT2D eigenvalue weighted by Gasteiger charge is -2.36. The first-order valence-electron chi connectivity index (χ1n) is 11.2. The number of aliphatic hydroxyl groups is 1.